The molecule has 1 aromatic carbocycles. The van der Waals surface area contributed by atoms with Gasteiger partial charge in [0.1, 0.15) is 0 Å². The zero-order valence-electron chi connectivity index (χ0n) is 13.0. The van der Waals surface area contributed by atoms with Crippen LogP contribution < -0.4 is 15.2 Å². The Balaban J connectivity index is 0.00000288. The molecule has 0 aliphatic heterocycles. The number of rotatable bonds is 6. The highest BCUT2D eigenvalue weighted by molar-refractivity contribution is 7.89. The summed E-state index contributed by atoms with van der Waals surface area (Å²) < 4.78 is 46.0. The molecule has 0 unspecified atom stereocenters. The Bertz CT molecular complexity index is 723. The maximum atomic E-state index is 13.9. The summed E-state index contributed by atoms with van der Waals surface area (Å²) in [5.41, 5.74) is 4.14. The third kappa shape index (κ3) is 3.94. The van der Waals surface area contributed by atoms with Crippen molar-refractivity contribution in [3.8, 4) is 5.75 Å². The van der Waals surface area contributed by atoms with Crippen molar-refractivity contribution < 1.29 is 22.5 Å². The monoisotopic (exact) mass is 383 g/mol. The second-order valence-electron chi connectivity index (χ2n) is 5.51. The molecule has 0 aromatic heterocycles. The fourth-order valence-electron chi connectivity index (χ4n) is 2.79. The average Bonchev–Trinajstić information content (AvgIpc) is 2.94. The van der Waals surface area contributed by atoms with E-state index in [9.17, 15) is 22.9 Å². The number of nitrogens with two attached hydrogens (primary N) is 1. The van der Waals surface area contributed by atoms with E-state index in [1.165, 1.54) is 0 Å². The number of benzene rings is 1. The van der Waals surface area contributed by atoms with Crippen molar-refractivity contribution in [1.82, 2.24) is 4.72 Å². The second kappa shape index (κ2) is 7.60. The van der Waals surface area contributed by atoms with Crippen molar-refractivity contribution in [3.63, 3.8) is 0 Å². The van der Waals surface area contributed by atoms with Crippen LogP contribution in [0.1, 0.15) is 25.7 Å². The lowest BCUT2D eigenvalue weighted by Gasteiger charge is -2.28. The summed E-state index contributed by atoms with van der Waals surface area (Å²) in [6, 6.07) is 1.48. The molecule has 3 N–H and O–H groups in total. The van der Waals surface area contributed by atoms with E-state index < -0.39 is 42.6 Å². The fraction of sp³-hybridized carbons (Fsp3) is 0.538. The lowest BCUT2D eigenvalue weighted by atomic mass is 10.0. The van der Waals surface area contributed by atoms with E-state index in [-0.39, 0.29) is 19.0 Å². The smallest absolute Gasteiger partial charge is 0.315 e. The van der Waals surface area contributed by atoms with E-state index in [2.05, 4.69) is 9.46 Å². The molecule has 1 aliphatic carbocycles. The highest BCUT2D eigenvalue weighted by Gasteiger charge is 2.37. The van der Waals surface area contributed by atoms with Gasteiger partial charge in [0, 0.05) is 18.2 Å². The summed E-state index contributed by atoms with van der Waals surface area (Å²) in [4.78, 5) is 9.58. The van der Waals surface area contributed by atoms with Crippen molar-refractivity contribution in [3.05, 3.63) is 28.1 Å². The quantitative estimate of drug-likeness (QED) is 0.569. The van der Waals surface area contributed by atoms with Gasteiger partial charge >= 0.3 is 5.69 Å². The van der Waals surface area contributed by atoms with Crippen molar-refractivity contribution in [2.75, 3.05) is 13.7 Å². The van der Waals surface area contributed by atoms with Gasteiger partial charge < -0.3 is 10.5 Å². The Hall–Kier alpha value is -1.49. The van der Waals surface area contributed by atoms with Crippen LogP contribution in [0, 0.1) is 15.9 Å². The number of sulfonamides is 1. The lowest BCUT2D eigenvalue weighted by Crippen LogP contribution is -2.51. The molecule has 1 saturated carbocycles. The van der Waals surface area contributed by atoms with Crippen LogP contribution in [0.5, 0.6) is 5.75 Å². The standard InChI is InChI=1S/C13H18FN3O5S.ClH/c1-22-12-10(14)6-9(7-11(12)17(18)19)23(20,21)16-13(8-15)4-2-3-5-13;/h6-7,16H,2-5,8,15H2,1H3;1H. The minimum absolute atomic E-state index is 0. The van der Waals surface area contributed by atoms with Gasteiger partial charge in [0.05, 0.1) is 16.9 Å². The van der Waals surface area contributed by atoms with Crippen LogP contribution in [0.3, 0.4) is 0 Å². The van der Waals surface area contributed by atoms with Gasteiger partial charge in [-0.2, -0.15) is 0 Å². The highest BCUT2D eigenvalue weighted by Crippen LogP contribution is 2.34. The fourth-order valence-corrected chi connectivity index (χ4v) is 4.29. The Morgan fingerprint density at radius 3 is 2.46 bits per heavy atom. The summed E-state index contributed by atoms with van der Waals surface area (Å²) in [5.74, 6) is -1.72. The van der Waals surface area contributed by atoms with E-state index in [1.807, 2.05) is 0 Å². The number of ether oxygens (including phenoxy) is 1. The molecular formula is C13H19ClFN3O5S. The molecule has 0 heterocycles. The van der Waals surface area contributed by atoms with Crippen LogP contribution in [0.15, 0.2) is 17.0 Å². The predicted molar refractivity (Wildman–Crippen MR) is 87.4 cm³/mol. The topological polar surface area (TPSA) is 125 Å². The number of hydrogen-bond acceptors (Lipinski definition) is 6. The van der Waals surface area contributed by atoms with Crippen molar-refractivity contribution in [2.24, 2.45) is 5.73 Å². The van der Waals surface area contributed by atoms with E-state index in [1.54, 1.807) is 0 Å². The largest absolute Gasteiger partial charge is 0.488 e. The molecular weight excluding hydrogens is 365 g/mol. The molecule has 11 heteroatoms. The molecule has 0 radical (unpaired) electrons. The lowest BCUT2D eigenvalue weighted by molar-refractivity contribution is -0.386. The summed E-state index contributed by atoms with van der Waals surface area (Å²) >= 11 is 0. The number of methoxy groups -OCH3 is 1. The number of halogens is 2. The number of nitrogens with one attached hydrogen (secondary N) is 1. The van der Waals surface area contributed by atoms with Gasteiger partial charge in [0.25, 0.3) is 0 Å². The van der Waals surface area contributed by atoms with Gasteiger partial charge in [-0.3, -0.25) is 10.1 Å². The average molecular weight is 384 g/mol. The molecule has 1 fully saturated rings. The molecule has 24 heavy (non-hydrogen) atoms. The number of hydrogen-bond donors (Lipinski definition) is 2. The highest BCUT2D eigenvalue weighted by atomic mass is 35.5. The first-order chi connectivity index (χ1) is 10.7. The van der Waals surface area contributed by atoms with Crippen LogP contribution >= 0.6 is 12.4 Å². The van der Waals surface area contributed by atoms with Crippen molar-refractivity contribution in [2.45, 2.75) is 36.1 Å². The maximum absolute atomic E-state index is 13.9. The second-order valence-corrected chi connectivity index (χ2v) is 7.19. The third-order valence-electron chi connectivity index (χ3n) is 4.01. The van der Waals surface area contributed by atoms with E-state index >= 15 is 0 Å². The molecule has 0 amide bonds. The number of nitro groups is 1. The van der Waals surface area contributed by atoms with Gasteiger partial charge in [-0.05, 0) is 18.9 Å². The first-order valence-electron chi connectivity index (χ1n) is 7.01. The van der Waals surface area contributed by atoms with E-state index in [0.717, 1.165) is 26.0 Å². The summed E-state index contributed by atoms with van der Waals surface area (Å²) in [6.07, 6.45) is 2.81. The van der Waals surface area contributed by atoms with Crippen LogP contribution in [0.2, 0.25) is 0 Å². The first-order valence-corrected chi connectivity index (χ1v) is 8.49. The number of nitrogens with zero attached hydrogens (tertiary/aromatic N) is 1. The van der Waals surface area contributed by atoms with Crippen molar-refractivity contribution in [1.29, 1.82) is 0 Å². The zero-order chi connectivity index (χ0) is 17.3. The van der Waals surface area contributed by atoms with Crippen LogP contribution in [0.25, 0.3) is 0 Å². The Kier molecular flexibility index (Phi) is 6.51. The van der Waals surface area contributed by atoms with Crippen LogP contribution in [-0.4, -0.2) is 32.5 Å². The molecule has 136 valence electrons. The van der Waals surface area contributed by atoms with E-state index in [4.69, 9.17) is 5.73 Å². The molecule has 1 aromatic rings. The third-order valence-corrected chi connectivity index (χ3v) is 5.57. The first kappa shape index (κ1) is 20.6. The molecule has 0 saturated heterocycles. The normalized spacial score (nSPS) is 16.5. The number of nitro benzene ring substituents is 1. The maximum Gasteiger partial charge on any atom is 0.315 e. The predicted octanol–water partition coefficient (Wildman–Crippen LogP) is 1.71. The Morgan fingerprint density at radius 2 is 2.00 bits per heavy atom. The SMILES string of the molecule is COc1c(F)cc(S(=O)(=O)NC2(CN)CCCC2)cc1[N+](=O)[O-].Cl. The summed E-state index contributed by atoms with van der Waals surface area (Å²) in [6.45, 7) is 0.104. The van der Waals surface area contributed by atoms with Gasteiger partial charge in [-0.25, -0.2) is 17.5 Å². The van der Waals surface area contributed by atoms with Crippen LogP contribution in [-0.2, 0) is 10.0 Å². The van der Waals surface area contributed by atoms with Gasteiger partial charge in [-0.15, -0.1) is 12.4 Å². The summed E-state index contributed by atoms with van der Waals surface area (Å²) in [5, 5.41) is 11.0. The minimum Gasteiger partial charge on any atom is -0.488 e. The van der Waals surface area contributed by atoms with Gasteiger partial charge in [-0.1, -0.05) is 12.8 Å². The Morgan fingerprint density at radius 1 is 1.42 bits per heavy atom. The minimum atomic E-state index is -4.15. The molecule has 8 nitrogen and oxygen atoms in total. The van der Waals surface area contributed by atoms with Gasteiger partial charge in [0.15, 0.2) is 5.82 Å². The molecule has 2 rings (SSSR count). The zero-order valence-corrected chi connectivity index (χ0v) is 14.6. The summed E-state index contributed by atoms with van der Waals surface area (Å²) in [7, 11) is -3.08. The molecule has 0 atom stereocenters. The van der Waals surface area contributed by atoms with Crippen LogP contribution in [0.4, 0.5) is 10.1 Å². The molecule has 1 aliphatic rings. The van der Waals surface area contributed by atoms with Gasteiger partial charge in [0.2, 0.25) is 15.8 Å². The van der Waals surface area contributed by atoms with E-state index in [0.29, 0.717) is 18.9 Å². The van der Waals surface area contributed by atoms with Crippen molar-refractivity contribution >= 4 is 28.1 Å². The Labute approximate surface area is 145 Å². The molecule has 0 spiro atoms. The molecule has 0 bridgehead atoms.